The molecule has 1 aliphatic carbocycles. The second-order valence-electron chi connectivity index (χ2n) is 5.14. The molecular weight excluding hydrogens is 276 g/mol. The molecule has 1 heterocycles. The molecule has 5 nitrogen and oxygen atoms in total. The Bertz CT molecular complexity index is 363. The van der Waals surface area contributed by atoms with Crippen LogP contribution in [0.2, 0.25) is 0 Å². The van der Waals surface area contributed by atoms with E-state index >= 15 is 0 Å². The highest BCUT2D eigenvalue weighted by atomic mass is 35.5. The number of rotatable bonds is 4. The quantitative estimate of drug-likeness (QED) is 0.817. The van der Waals surface area contributed by atoms with Crippen molar-refractivity contribution in [3.05, 3.63) is 0 Å². The van der Waals surface area contributed by atoms with Crippen molar-refractivity contribution in [2.24, 2.45) is 17.6 Å². The van der Waals surface area contributed by atoms with E-state index in [1.165, 1.54) is 7.11 Å². The van der Waals surface area contributed by atoms with E-state index in [1.54, 1.807) is 4.31 Å². The predicted molar refractivity (Wildman–Crippen MR) is 73.3 cm³/mol. The average molecular weight is 299 g/mol. The number of ether oxygens (including phenoxy) is 1. The van der Waals surface area contributed by atoms with E-state index in [0.717, 1.165) is 19.3 Å². The Morgan fingerprint density at radius 2 is 2.06 bits per heavy atom. The summed E-state index contributed by atoms with van der Waals surface area (Å²) in [5, 5.41) is 0. The van der Waals surface area contributed by atoms with Gasteiger partial charge in [-0.05, 0) is 24.7 Å². The van der Waals surface area contributed by atoms with Gasteiger partial charge in [0.2, 0.25) is 10.0 Å². The first-order chi connectivity index (χ1) is 8.04. The van der Waals surface area contributed by atoms with E-state index in [9.17, 15) is 8.42 Å². The fourth-order valence-electron chi connectivity index (χ4n) is 3.02. The SMILES string of the molecule is COCCS(=O)(=O)N1CC2CCCC(N)C2C1.Cl. The summed E-state index contributed by atoms with van der Waals surface area (Å²) < 4.78 is 30.6. The third-order valence-electron chi connectivity index (χ3n) is 4.06. The molecule has 1 saturated heterocycles. The monoisotopic (exact) mass is 298 g/mol. The minimum absolute atomic E-state index is 0. The van der Waals surface area contributed by atoms with Gasteiger partial charge in [0.15, 0.2) is 0 Å². The summed E-state index contributed by atoms with van der Waals surface area (Å²) in [5.41, 5.74) is 6.08. The number of fused-ring (bicyclic) bond motifs is 1. The molecule has 108 valence electrons. The van der Waals surface area contributed by atoms with Crippen molar-refractivity contribution >= 4 is 22.4 Å². The Hall–Kier alpha value is 0.120. The van der Waals surface area contributed by atoms with Gasteiger partial charge in [-0.15, -0.1) is 12.4 Å². The molecule has 0 amide bonds. The number of nitrogens with zero attached hydrogens (tertiary/aromatic N) is 1. The average Bonchev–Trinajstić information content (AvgIpc) is 2.72. The van der Waals surface area contributed by atoms with E-state index < -0.39 is 10.0 Å². The third kappa shape index (κ3) is 3.36. The Kier molecular flexibility index (Phi) is 5.86. The van der Waals surface area contributed by atoms with Gasteiger partial charge >= 0.3 is 0 Å². The Labute approximate surface area is 116 Å². The van der Waals surface area contributed by atoms with Crippen LogP contribution >= 0.6 is 12.4 Å². The molecule has 0 aromatic carbocycles. The summed E-state index contributed by atoms with van der Waals surface area (Å²) in [6.07, 6.45) is 3.29. The lowest BCUT2D eigenvalue weighted by molar-refractivity contribution is 0.215. The van der Waals surface area contributed by atoms with E-state index in [1.807, 2.05) is 0 Å². The van der Waals surface area contributed by atoms with E-state index in [2.05, 4.69) is 0 Å². The Morgan fingerprint density at radius 3 is 2.67 bits per heavy atom. The van der Waals surface area contributed by atoms with Gasteiger partial charge in [-0.25, -0.2) is 12.7 Å². The second-order valence-corrected chi connectivity index (χ2v) is 7.23. The predicted octanol–water partition coefficient (Wildman–Crippen LogP) is 0.444. The first kappa shape index (κ1) is 16.2. The maximum absolute atomic E-state index is 12.0. The minimum Gasteiger partial charge on any atom is -0.384 e. The van der Waals surface area contributed by atoms with Crippen molar-refractivity contribution in [2.45, 2.75) is 25.3 Å². The van der Waals surface area contributed by atoms with Crippen molar-refractivity contribution in [2.75, 3.05) is 32.6 Å². The third-order valence-corrected chi connectivity index (χ3v) is 5.83. The van der Waals surface area contributed by atoms with Crippen LogP contribution in [0.3, 0.4) is 0 Å². The van der Waals surface area contributed by atoms with Gasteiger partial charge in [-0.3, -0.25) is 0 Å². The van der Waals surface area contributed by atoms with Crippen LogP contribution in [0.25, 0.3) is 0 Å². The molecule has 3 unspecified atom stereocenters. The summed E-state index contributed by atoms with van der Waals surface area (Å²) >= 11 is 0. The Morgan fingerprint density at radius 1 is 1.33 bits per heavy atom. The van der Waals surface area contributed by atoms with Crippen LogP contribution in [0.4, 0.5) is 0 Å². The smallest absolute Gasteiger partial charge is 0.216 e. The van der Waals surface area contributed by atoms with Crippen LogP contribution in [0.5, 0.6) is 0 Å². The number of nitrogens with two attached hydrogens (primary N) is 1. The van der Waals surface area contributed by atoms with Crippen molar-refractivity contribution in [3.63, 3.8) is 0 Å². The molecule has 1 aliphatic heterocycles. The molecule has 0 aromatic heterocycles. The zero-order chi connectivity index (χ0) is 12.5. The molecule has 0 aromatic rings. The highest BCUT2D eigenvalue weighted by Crippen LogP contribution is 2.36. The molecule has 2 rings (SSSR count). The summed E-state index contributed by atoms with van der Waals surface area (Å²) in [4.78, 5) is 0. The molecule has 2 N–H and O–H groups in total. The maximum atomic E-state index is 12.0. The summed E-state index contributed by atoms with van der Waals surface area (Å²) in [5.74, 6) is 0.912. The standard InChI is InChI=1S/C11H22N2O3S.ClH/c1-16-5-6-17(14,15)13-7-9-3-2-4-11(12)10(9)8-13;/h9-11H,2-8,12H2,1H3;1H. The lowest BCUT2D eigenvalue weighted by Gasteiger charge is -2.29. The summed E-state index contributed by atoms with van der Waals surface area (Å²) in [6.45, 7) is 1.53. The van der Waals surface area contributed by atoms with Crippen LogP contribution < -0.4 is 5.73 Å². The van der Waals surface area contributed by atoms with E-state index in [0.29, 0.717) is 24.9 Å². The number of halogens is 1. The number of hydrogen-bond donors (Lipinski definition) is 1. The number of methoxy groups -OCH3 is 1. The molecular formula is C11H23ClN2O3S. The molecule has 3 atom stereocenters. The first-order valence-electron chi connectivity index (χ1n) is 6.27. The lowest BCUT2D eigenvalue weighted by atomic mass is 9.78. The zero-order valence-electron chi connectivity index (χ0n) is 10.7. The molecule has 2 aliphatic rings. The van der Waals surface area contributed by atoms with Crippen LogP contribution in [0.1, 0.15) is 19.3 Å². The highest BCUT2D eigenvalue weighted by molar-refractivity contribution is 7.89. The second kappa shape index (κ2) is 6.52. The first-order valence-corrected chi connectivity index (χ1v) is 7.88. The summed E-state index contributed by atoms with van der Waals surface area (Å²) in [6, 6.07) is 0.177. The van der Waals surface area contributed by atoms with Crippen molar-refractivity contribution in [3.8, 4) is 0 Å². The molecule has 18 heavy (non-hydrogen) atoms. The van der Waals surface area contributed by atoms with Crippen molar-refractivity contribution < 1.29 is 13.2 Å². The van der Waals surface area contributed by atoms with Crippen molar-refractivity contribution in [1.82, 2.24) is 4.31 Å². The van der Waals surface area contributed by atoms with Gasteiger partial charge in [-0.2, -0.15) is 0 Å². The molecule has 0 bridgehead atoms. The van der Waals surface area contributed by atoms with Gasteiger partial charge < -0.3 is 10.5 Å². The largest absolute Gasteiger partial charge is 0.384 e. The Balaban J connectivity index is 0.00000162. The van der Waals surface area contributed by atoms with Crippen LogP contribution in [0.15, 0.2) is 0 Å². The minimum atomic E-state index is -3.15. The lowest BCUT2D eigenvalue weighted by Crippen LogP contribution is -2.38. The zero-order valence-corrected chi connectivity index (χ0v) is 12.4. The van der Waals surface area contributed by atoms with Gasteiger partial charge in [0.1, 0.15) is 0 Å². The summed E-state index contributed by atoms with van der Waals surface area (Å²) in [7, 11) is -1.63. The van der Waals surface area contributed by atoms with Gasteiger partial charge in [0, 0.05) is 26.2 Å². The molecule has 2 fully saturated rings. The fourth-order valence-corrected chi connectivity index (χ4v) is 4.47. The molecule has 7 heteroatoms. The topological polar surface area (TPSA) is 72.6 Å². The number of hydrogen-bond acceptors (Lipinski definition) is 4. The van der Waals surface area contributed by atoms with Gasteiger partial charge in [0.25, 0.3) is 0 Å². The van der Waals surface area contributed by atoms with Crippen molar-refractivity contribution in [1.29, 1.82) is 0 Å². The normalized spacial score (nSPS) is 32.9. The molecule has 0 radical (unpaired) electrons. The van der Waals surface area contributed by atoms with Gasteiger partial charge in [-0.1, -0.05) is 6.42 Å². The number of sulfonamides is 1. The molecule has 1 saturated carbocycles. The molecule has 0 spiro atoms. The van der Waals surface area contributed by atoms with Crippen LogP contribution in [-0.4, -0.2) is 51.3 Å². The van der Waals surface area contributed by atoms with Gasteiger partial charge in [0.05, 0.1) is 12.4 Å². The van der Waals surface area contributed by atoms with E-state index in [4.69, 9.17) is 10.5 Å². The van der Waals surface area contributed by atoms with E-state index in [-0.39, 0.29) is 30.8 Å². The maximum Gasteiger partial charge on any atom is 0.216 e. The van der Waals surface area contributed by atoms with Crippen LogP contribution in [0, 0.1) is 11.8 Å². The highest BCUT2D eigenvalue weighted by Gasteiger charge is 2.42. The fraction of sp³-hybridized carbons (Fsp3) is 1.00. The van der Waals surface area contributed by atoms with Crippen LogP contribution in [-0.2, 0) is 14.8 Å².